The Labute approximate surface area is 165 Å². The highest BCUT2D eigenvalue weighted by Crippen LogP contribution is 2.43. The average molecular weight is 380 g/mol. The lowest BCUT2D eigenvalue weighted by Gasteiger charge is -2.44. The van der Waals surface area contributed by atoms with E-state index in [0.29, 0.717) is 18.5 Å². The molecule has 0 spiro atoms. The Morgan fingerprint density at radius 2 is 2.25 bits per heavy atom. The van der Waals surface area contributed by atoms with Gasteiger partial charge in [0.2, 0.25) is 0 Å². The van der Waals surface area contributed by atoms with Crippen molar-refractivity contribution in [2.75, 3.05) is 13.2 Å². The minimum absolute atomic E-state index is 0.107. The van der Waals surface area contributed by atoms with Crippen LogP contribution in [0.4, 0.5) is 0 Å². The van der Waals surface area contributed by atoms with Crippen LogP contribution >= 0.6 is 0 Å². The molecule has 4 rings (SSSR count). The lowest BCUT2D eigenvalue weighted by Crippen LogP contribution is -2.49. The third-order valence-electron chi connectivity index (χ3n) is 6.03. The maximum atomic E-state index is 10.7. The molecule has 0 saturated carbocycles. The summed E-state index contributed by atoms with van der Waals surface area (Å²) in [5.74, 6) is -0.903. The summed E-state index contributed by atoms with van der Waals surface area (Å²) in [6.45, 7) is 8.32. The summed E-state index contributed by atoms with van der Waals surface area (Å²) < 4.78 is 5.70. The summed E-state index contributed by atoms with van der Waals surface area (Å²) in [4.78, 5) is 17.0. The Kier molecular flexibility index (Phi) is 5.38. The van der Waals surface area contributed by atoms with Gasteiger partial charge in [0.15, 0.2) is 0 Å². The second-order valence-corrected chi connectivity index (χ2v) is 7.92. The normalized spacial score (nSPS) is 25.4. The minimum atomic E-state index is -0.903. The Hall–Kier alpha value is -2.37. The highest BCUT2D eigenvalue weighted by atomic mass is 16.5. The smallest absolute Gasteiger partial charge is 0.327 e. The van der Waals surface area contributed by atoms with Crippen molar-refractivity contribution in [1.29, 1.82) is 0 Å². The molecule has 3 heterocycles. The minimum Gasteiger partial charge on any atom is -0.478 e. The van der Waals surface area contributed by atoms with Gasteiger partial charge in [0.25, 0.3) is 0 Å². The first-order chi connectivity index (χ1) is 13.6. The van der Waals surface area contributed by atoms with E-state index in [4.69, 9.17) is 9.84 Å². The van der Waals surface area contributed by atoms with Gasteiger partial charge >= 0.3 is 5.97 Å². The molecule has 5 heteroatoms. The zero-order valence-electron chi connectivity index (χ0n) is 16.4. The molecule has 148 valence electrons. The molecule has 0 aliphatic carbocycles. The molecule has 3 unspecified atom stereocenters. The molecule has 0 amide bonds. The van der Waals surface area contributed by atoms with Crippen LogP contribution in [0, 0.1) is 0 Å². The van der Waals surface area contributed by atoms with Crippen molar-refractivity contribution >= 4 is 16.9 Å². The van der Waals surface area contributed by atoms with Crippen molar-refractivity contribution < 1.29 is 14.6 Å². The largest absolute Gasteiger partial charge is 0.478 e. The number of rotatable bonds is 6. The van der Waals surface area contributed by atoms with E-state index in [2.05, 4.69) is 47.7 Å². The molecule has 1 aromatic carbocycles. The van der Waals surface area contributed by atoms with E-state index < -0.39 is 5.97 Å². The second-order valence-electron chi connectivity index (χ2n) is 7.92. The van der Waals surface area contributed by atoms with E-state index in [1.807, 2.05) is 0 Å². The Morgan fingerprint density at radius 1 is 1.43 bits per heavy atom. The van der Waals surface area contributed by atoms with Gasteiger partial charge in [-0.3, -0.25) is 4.90 Å². The number of H-pyrrole nitrogens is 1. The van der Waals surface area contributed by atoms with E-state index >= 15 is 0 Å². The number of nitrogens with zero attached hydrogens (tertiary/aromatic N) is 1. The Bertz CT molecular complexity index is 908. The lowest BCUT2D eigenvalue weighted by atomic mass is 9.86. The van der Waals surface area contributed by atoms with Gasteiger partial charge in [-0.15, -0.1) is 0 Å². The van der Waals surface area contributed by atoms with Crippen LogP contribution in [0.1, 0.15) is 43.5 Å². The van der Waals surface area contributed by atoms with Gasteiger partial charge in [-0.25, -0.2) is 4.79 Å². The number of aromatic amines is 1. The summed E-state index contributed by atoms with van der Waals surface area (Å²) in [6.07, 6.45) is 6.43. The van der Waals surface area contributed by atoms with Gasteiger partial charge in [-0.1, -0.05) is 36.4 Å². The molecule has 5 nitrogen and oxygen atoms in total. The molecule has 28 heavy (non-hydrogen) atoms. The third kappa shape index (κ3) is 3.52. The quantitative estimate of drug-likeness (QED) is 0.582. The number of allylic oxidation sites excluding steroid dienone is 1. The number of carboxylic acids is 1. The van der Waals surface area contributed by atoms with Gasteiger partial charge in [0.05, 0.1) is 12.6 Å². The summed E-state index contributed by atoms with van der Waals surface area (Å²) in [5, 5.41) is 10.1. The maximum absolute atomic E-state index is 10.7. The standard InChI is InChI=1S/C23H28N2O3/c1-15(7-3-6-10-21(26)27)23-22-19(18-8-4-5-9-20(18)24-22)13-16(2)25(23)17-11-12-28-14-17/h4-6,8-10,16-17,23-24H,1,3,7,11-14H2,2H3,(H,26,27)/b10-6+. The lowest BCUT2D eigenvalue weighted by molar-refractivity contribution is -0.131. The first-order valence-electron chi connectivity index (χ1n) is 10.1. The zero-order chi connectivity index (χ0) is 19.7. The first kappa shape index (κ1) is 19.0. The van der Waals surface area contributed by atoms with E-state index in [1.54, 1.807) is 6.08 Å². The van der Waals surface area contributed by atoms with Gasteiger partial charge in [0, 0.05) is 41.4 Å². The first-order valence-corrected chi connectivity index (χ1v) is 10.1. The van der Waals surface area contributed by atoms with Gasteiger partial charge in [0.1, 0.15) is 0 Å². The predicted octanol–water partition coefficient (Wildman–Crippen LogP) is 4.22. The molecule has 2 N–H and O–H groups in total. The van der Waals surface area contributed by atoms with Gasteiger partial charge < -0.3 is 14.8 Å². The van der Waals surface area contributed by atoms with Crippen LogP contribution in [0.2, 0.25) is 0 Å². The number of ether oxygens (including phenoxy) is 1. The van der Waals surface area contributed by atoms with E-state index in [1.165, 1.54) is 28.2 Å². The molecule has 0 radical (unpaired) electrons. The molecule has 3 atom stereocenters. The van der Waals surface area contributed by atoms with Crippen LogP contribution < -0.4 is 0 Å². The summed E-state index contributed by atoms with van der Waals surface area (Å²) in [7, 11) is 0. The molecule has 2 aromatic rings. The molecule has 1 fully saturated rings. The SMILES string of the molecule is C=C(CC/C=C/C(=O)O)C1c2[nH]c3ccccc3c2CC(C)N1C1CCOC1. The van der Waals surface area contributed by atoms with Crippen LogP contribution in [-0.2, 0) is 16.0 Å². The van der Waals surface area contributed by atoms with Crippen LogP contribution in [0.5, 0.6) is 0 Å². The van der Waals surface area contributed by atoms with E-state index in [-0.39, 0.29) is 6.04 Å². The number of carbonyl (C=O) groups is 1. The van der Waals surface area contributed by atoms with Crippen molar-refractivity contribution in [3.05, 3.63) is 59.8 Å². The van der Waals surface area contributed by atoms with Crippen LogP contribution in [0.3, 0.4) is 0 Å². The molecule has 1 saturated heterocycles. The van der Waals surface area contributed by atoms with Crippen LogP contribution in [-0.4, -0.2) is 46.3 Å². The van der Waals surface area contributed by atoms with Crippen molar-refractivity contribution in [1.82, 2.24) is 9.88 Å². The van der Waals surface area contributed by atoms with Crippen molar-refractivity contribution in [2.45, 2.75) is 50.7 Å². The molecule has 2 aliphatic heterocycles. The number of para-hydroxylation sites is 1. The fourth-order valence-corrected chi connectivity index (χ4v) is 4.81. The molecule has 0 bridgehead atoms. The monoisotopic (exact) mass is 380 g/mol. The third-order valence-corrected chi connectivity index (χ3v) is 6.03. The number of nitrogens with one attached hydrogen (secondary N) is 1. The fraction of sp³-hybridized carbons (Fsp3) is 0.435. The number of hydrogen-bond donors (Lipinski definition) is 2. The number of benzene rings is 1. The van der Waals surface area contributed by atoms with Crippen LogP contribution in [0.15, 0.2) is 48.6 Å². The average Bonchev–Trinajstić information content (AvgIpc) is 3.31. The van der Waals surface area contributed by atoms with Crippen molar-refractivity contribution in [3.8, 4) is 0 Å². The second kappa shape index (κ2) is 7.94. The highest BCUT2D eigenvalue weighted by molar-refractivity contribution is 5.85. The summed E-state index contributed by atoms with van der Waals surface area (Å²) in [6, 6.07) is 9.39. The number of hydrogen-bond acceptors (Lipinski definition) is 3. The van der Waals surface area contributed by atoms with Gasteiger partial charge in [-0.2, -0.15) is 0 Å². The van der Waals surface area contributed by atoms with E-state index in [9.17, 15) is 4.79 Å². The summed E-state index contributed by atoms with van der Waals surface area (Å²) >= 11 is 0. The van der Waals surface area contributed by atoms with Crippen molar-refractivity contribution in [3.63, 3.8) is 0 Å². The maximum Gasteiger partial charge on any atom is 0.327 e. The number of fused-ring (bicyclic) bond motifs is 3. The fourth-order valence-electron chi connectivity index (χ4n) is 4.81. The van der Waals surface area contributed by atoms with Crippen molar-refractivity contribution in [2.24, 2.45) is 0 Å². The number of aromatic nitrogens is 1. The molecular formula is C23H28N2O3. The summed E-state index contributed by atoms with van der Waals surface area (Å²) in [5.41, 5.74) is 4.94. The van der Waals surface area contributed by atoms with Crippen LogP contribution in [0.25, 0.3) is 10.9 Å². The number of carboxylic acid groups (broad SMARTS) is 1. The zero-order valence-corrected chi connectivity index (χ0v) is 16.4. The Morgan fingerprint density at radius 3 is 3.00 bits per heavy atom. The highest BCUT2D eigenvalue weighted by Gasteiger charge is 2.40. The predicted molar refractivity (Wildman–Crippen MR) is 110 cm³/mol. The molecular weight excluding hydrogens is 352 g/mol. The number of aliphatic carboxylic acids is 1. The Balaban J connectivity index is 1.69. The topological polar surface area (TPSA) is 65.6 Å². The molecule has 2 aliphatic rings. The van der Waals surface area contributed by atoms with E-state index in [0.717, 1.165) is 38.0 Å². The molecule has 1 aromatic heterocycles. The van der Waals surface area contributed by atoms with Gasteiger partial charge in [-0.05, 0) is 44.2 Å².